The highest BCUT2D eigenvalue weighted by Gasteiger charge is 2.49. The summed E-state index contributed by atoms with van der Waals surface area (Å²) in [7, 11) is -5.81. The number of ether oxygens (including phenoxy) is 1. The van der Waals surface area contributed by atoms with E-state index < -0.39 is 27.2 Å². The van der Waals surface area contributed by atoms with Crippen molar-refractivity contribution in [1.82, 2.24) is 4.98 Å². The molecule has 0 unspecified atom stereocenters. The first kappa shape index (κ1) is 12.5. The number of hydrogen-bond donors (Lipinski definition) is 1. The van der Waals surface area contributed by atoms with Crippen LogP contribution in [0.4, 0.5) is 8.78 Å². The Hall–Kier alpha value is -1.61. The van der Waals surface area contributed by atoms with Gasteiger partial charge in [-0.2, -0.15) is 8.42 Å². The third kappa shape index (κ3) is 2.70. The van der Waals surface area contributed by atoms with Crippen LogP contribution in [0.2, 0.25) is 0 Å². The summed E-state index contributed by atoms with van der Waals surface area (Å²) in [6.07, 6.45) is 1.13. The Morgan fingerprint density at radius 1 is 1.44 bits per heavy atom. The van der Waals surface area contributed by atoms with Gasteiger partial charge >= 0.3 is 21.5 Å². The lowest BCUT2D eigenvalue weighted by molar-refractivity contribution is -0.135. The molecular formula is C7H5F2NO5S. The van der Waals surface area contributed by atoms with E-state index in [1.54, 1.807) is 0 Å². The van der Waals surface area contributed by atoms with Crippen molar-refractivity contribution in [2.24, 2.45) is 0 Å². The molecule has 0 aliphatic carbocycles. The van der Waals surface area contributed by atoms with E-state index in [9.17, 15) is 22.0 Å². The summed E-state index contributed by atoms with van der Waals surface area (Å²) in [6, 6.07) is 3.77. The van der Waals surface area contributed by atoms with Gasteiger partial charge in [-0.3, -0.25) is 4.55 Å². The lowest BCUT2D eigenvalue weighted by Crippen LogP contribution is -2.34. The molecular weight excluding hydrogens is 248 g/mol. The van der Waals surface area contributed by atoms with Crippen molar-refractivity contribution < 1.29 is 31.3 Å². The predicted octanol–water partition coefficient (Wildman–Crippen LogP) is 0.676. The van der Waals surface area contributed by atoms with Gasteiger partial charge in [0.25, 0.3) is 0 Å². The second-order valence-electron chi connectivity index (χ2n) is 2.54. The normalized spacial score (nSPS) is 12.2. The SMILES string of the molecule is O=C(OC(F)(F)S(=O)(=O)O)c1ccccn1. The van der Waals surface area contributed by atoms with E-state index in [0.29, 0.717) is 0 Å². The molecule has 9 heteroatoms. The van der Waals surface area contributed by atoms with E-state index in [1.165, 1.54) is 12.1 Å². The minimum Gasteiger partial charge on any atom is -0.382 e. The van der Waals surface area contributed by atoms with Gasteiger partial charge in [-0.15, -0.1) is 8.78 Å². The van der Waals surface area contributed by atoms with Crippen LogP contribution in [0, 0.1) is 0 Å². The maximum atomic E-state index is 12.6. The van der Waals surface area contributed by atoms with Gasteiger partial charge in [-0.1, -0.05) is 6.07 Å². The van der Waals surface area contributed by atoms with E-state index in [1.807, 2.05) is 0 Å². The molecule has 0 saturated carbocycles. The van der Waals surface area contributed by atoms with E-state index in [2.05, 4.69) is 9.72 Å². The second kappa shape index (κ2) is 4.10. The standard InChI is InChI=1S/C7H5F2NO5S/c8-7(9,16(12,13)14)15-6(11)5-3-1-2-4-10-5/h1-4H,(H,12,13,14). The fourth-order valence-electron chi connectivity index (χ4n) is 0.696. The van der Waals surface area contributed by atoms with E-state index in [4.69, 9.17) is 4.55 Å². The Balaban J connectivity index is 2.89. The van der Waals surface area contributed by atoms with Crippen LogP contribution in [0.5, 0.6) is 0 Å². The monoisotopic (exact) mass is 253 g/mol. The molecule has 0 bridgehead atoms. The number of pyridine rings is 1. The number of esters is 1. The van der Waals surface area contributed by atoms with Crippen molar-refractivity contribution in [3.05, 3.63) is 30.1 Å². The average Bonchev–Trinajstić information content (AvgIpc) is 2.16. The number of carbonyl (C=O) groups excluding carboxylic acids is 1. The predicted molar refractivity (Wildman–Crippen MR) is 46.1 cm³/mol. The number of rotatable bonds is 3. The number of hydrogen-bond acceptors (Lipinski definition) is 5. The van der Waals surface area contributed by atoms with Crippen molar-refractivity contribution in [3.8, 4) is 0 Å². The lowest BCUT2D eigenvalue weighted by Gasteiger charge is -2.12. The highest BCUT2D eigenvalue weighted by atomic mass is 32.2. The fourth-order valence-corrected chi connectivity index (χ4v) is 0.877. The summed E-state index contributed by atoms with van der Waals surface area (Å²) in [5, 5.41) is 0. The van der Waals surface area contributed by atoms with Crippen molar-refractivity contribution in [2.75, 3.05) is 0 Å². The third-order valence-electron chi connectivity index (χ3n) is 1.39. The first-order chi connectivity index (χ1) is 7.24. The molecule has 0 aromatic carbocycles. The molecule has 16 heavy (non-hydrogen) atoms. The first-order valence-electron chi connectivity index (χ1n) is 3.73. The smallest absolute Gasteiger partial charge is 0.382 e. The van der Waals surface area contributed by atoms with Gasteiger partial charge in [0.05, 0.1) is 0 Å². The Morgan fingerprint density at radius 3 is 2.50 bits per heavy atom. The molecule has 0 aliphatic rings. The molecule has 1 N–H and O–H groups in total. The van der Waals surface area contributed by atoms with Crippen LogP contribution in [0.25, 0.3) is 0 Å². The lowest BCUT2D eigenvalue weighted by atomic mass is 10.4. The molecule has 0 amide bonds. The Bertz CT molecular complexity index is 487. The summed E-state index contributed by atoms with van der Waals surface area (Å²) in [5.74, 6) is -1.66. The van der Waals surface area contributed by atoms with Crippen molar-refractivity contribution in [1.29, 1.82) is 0 Å². The summed E-state index contributed by atoms with van der Waals surface area (Å²) >= 11 is 0. The highest BCUT2D eigenvalue weighted by molar-refractivity contribution is 7.86. The van der Waals surface area contributed by atoms with Gasteiger partial charge in [0.15, 0.2) is 0 Å². The minimum absolute atomic E-state index is 0.508. The van der Waals surface area contributed by atoms with Crippen LogP contribution in [0.1, 0.15) is 10.5 Å². The molecule has 1 aromatic heterocycles. The van der Waals surface area contributed by atoms with Crippen LogP contribution < -0.4 is 0 Å². The van der Waals surface area contributed by atoms with Crippen LogP contribution in [-0.4, -0.2) is 29.4 Å². The largest absolute Gasteiger partial charge is 0.536 e. The summed E-state index contributed by atoms with van der Waals surface area (Å²) in [4.78, 5) is 14.3. The maximum Gasteiger partial charge on any atom is 0.536 e. The highest BCUT2D eigenvalue weighted by Crippen LogP contribution is 2.23. The van der Waals surface area contributed by atoms with Gasteiger partial charge < -0.3 is 4.74 Å². The topological polar surface area (TPSA) is 93.6 Å². The van der Waals surface area contributed by atoms with Gasteiger partial charge in [0, 0.05) is 6.20 Å². The van der Waals surface area contributed by atoms with Gasteiger partial charge in [0.1, 0.15) is 5.69 Å². The molecule has 0 fully saturated rings. The first-order valence-corrected chi connectivity index (χ1v) is 5.17. The zero-order chi connectivity index (χ0) is 12.4. The van der Waals surface area contributed by atoms with Crippen molar-refractivity contribution in [3.63, 3.8) is 0 Å². The second-order valence-corrected chi connectivity index (χ2v) is 3.97. The molecule has 6 nitrogen and oxygen atoms in total. The summed E-state index contributed by atoms with van der Waals surface area (Å²) in [5.41, 5.74) is -5.51. The number of carbonyl (C=O) groups is 1. The number of alkyl halides is 2. The molecule has 1 heterocycles. The molecule has 1 aromatic rings. The Kier molecular flexibility index (Phi) is 3.19. The van der Waals surface area contributed by atoms with Gasteiger partial charge in [-0.25, -0.2) is 9.78 Å². The van der Waals surface area contributed by atoms with E-state index in [0.717, 1.165) is 12.3 Å². The number of aromatic nitrogens is 1. The Labute approximate surface area is 88.6 Å². The van der Waals surface area contributed by atoms with Crippen LogP contribution in [0.3, 0.4) is 0 Å². The van der Waals surface area contributed by atoms with Gasteiger partial charge in [0.2, 0.25) is 0 Å². The van der Waals surface area contributed by atoms with Crippen molar-refractivity contribution in [2.45, 2.75) is 5.44 Å². The summed E-state index contributed by atoms with van der Waals surface area (Å²) < 4.78 is 56.8. The maximum absolute atomic E-state index is 12.6. The fraction of sp³-hybridized carbons (Fsp3) is 0.143. The zero-order valence-electron chi connectivity index (χ0n) is 7.50. The molecule has 0 atom stereocenters. The van der Waals surface area contributed by atoms with Crippen LogP contribution in [-0.2, 0) is 14.9 Å². The molecule has 88 valence electrons. The zero-order valence-corrected chi connectivity index (χ0v) is 8.32. The molecule has 0 aliphatic heterocycles. The third-order valence-corrected chi connectivity index (χ3v) is 2.07. The van der Waals surface area contributed by atoms with Crippen molar-refractivity contribution >= 4 is 16.1 Å². The number of nitrogens with zero attached hydrogens (tertiary/aromatic N) is 1. The summed E-state index contributed by atoms with van der Waals surface area (Å²) in [6.45, 7) is 0. The minimum atomic E-state index is -5.81. The molecule has 0 spiro atoms. The van der Waals surface area contributed by atoms with Crippen LogP contribution >= 0.6 is 0 Å². The molecule has 1 rings (SSSR count). The number of halogens is 2. The van der Waals surface area contributed by atoms with Crippen LogP contribution in [0.15, 0.2) is 24.4 Å². The molecule has 0 saturated heterocycles. The average molecular weight is 253 g/mol. The quantitative estimate of drug-likeness (QED) is 0.628. The van der Waals surface area contributed by atoms with Gasteiger partial charge in [-0.05, 0) is 12.1 Å². The molecule has 0 radical (unpaired) electrons. The van der Waals surface area contributed by atoms with E-state index in [-0.39, 0.29) is 0 Å². The Morgan fingerprint density at radius 2 is 2.06 bits per heavy atom. The van der Waals surface area contributed by atoms with E-state index >= 15 is 0 Å².